The number of fused-ring (bicyclic) bond motifs is 1. The first-order valence-electron chi connectivity index (χ1n) is 11.1. The number of likely N-dealkylation sites (N-methyl/N-ethyl adjacent to an activating group) is 1. The summed E-state index contributed by atoms with van der Waals surface area (Å²) in [5.41, 5.74) is 0.902. The van der Waals surface area contributed by atoms with Crippen LogP contribution in [0.15, 0.2) is 36.7 Å². The van der Waals surface area contributed by atoms with Crippen LogP contribution in [0.25, 0.3) is 10.9 Å². The van der Waals surface area contributed by atoms with Crippen molar-refractivity contribution in [1.82, 2.24) is 19.8 Å². The fourth-order valence-electron chi connectivity index (χ4n) is 3.71. The maximum Gasteiger partial charge on any atom is 0.165 e. The quantitative estimate of drug-likeness (QED) is 0.513. The first-order valence-corrected chi connectivity index (χ1v) is 11.5. The van der Waals surface area contributed by atoms with Crippen LogP contribution in [0.2, 0.25) is 5.02 Å². The van der Waals surface area contributed by atoms with E-state index < -0.39 is 5.82 Å². The van der Waals surface area contributed by atoms with Crippen molar-refractivity contribution in [3.05, 3.63) is 47.5 Å². The fraction of sp³-hybridized carbons (Fsp3) is 0.417. The third-order valence-corrected chi connectivity index (χ3v) is 5.82. The van der Waals surface area contributed by atoms with Crippen LogP contribution in [-0.2, 0) is 0 Å². The SMILES string of the molecule is CC(C)Oc1cc2ncnc(Nc3cccc(Cl)c3F)c2cc1OCCN1CCN(C)CC1. The number of ether oxygens (including phenoxy) is 2. The highest BCUT2D eigenvalue weighted by atomic mass is 35.5. The maximum absolute atomic E-state index is 14.5. The Kier molecular flexibility index (Phi) is 7.47. The highest BCUT2D eigenvalue weighted by molar-refractivity contribution is 6.31. The molecule has 4 rings (SSSR count). The Morgan fingerprint density at radius 1 is 1.12 bits per heavy atom. The van der Waals surface area contributed by atoms with E-state index in [1.165, 1.54) is 12.4 Å². The van der Waals surface area contributed by atoms with Crippen molar-refractivity contribution in [2.24, 2.45) is 0 Å². The van der Waals surface area contributed by atoms with E-state index >= 15 is 0 Å². The van der Waals surface area contributed by atoms with Gasteiger partial charge in [-0.15, -0.1) is 0 Å². The Hall–Kier alpha value is -2.68. The van der Waals surface area contributed by atoms with Gasteiger partial charge in [0.1, 0.15) is 18.8 Å². The Bertz CT molecular complexity index is 1110. The monoisotopic (exact) mass is 473 g/mol. The van der Waals surface area contributed by atoms with Crippen LogP contribution in [0.4, 0.5) is 15.9 Å². The number of nitrogens with zero attached hydrogens (tertiary/aromatic N) is 4. The normalized spacial score (nSPS) is 15.2. The van der Waals surface area contributed by atoms with Gasteiger partial charge in [0.25, 0.3) is 0 Å². The van der Waals surface area contributed by atoms with Gasteiger partial charge in [-0.1, -0.05) is 17.7 Å². The molecule has 0 radical (unpaired) electrons. The molecule has 176 valence electrons. The lowest BCUT2D eigenvalue weighted by molar-refractivity contribution is 0.131. The molecule has 0 atom stereocenters. The highest BCUT2D eigenvalue weighted by Crippen LogP contribution is 2.36. The van der Waals surface area contributed by atoms with Crippen molar-refractivity contribution in [2.45, 2.75) is 20.0 Å². The minimum absolute atomic E-state index is 0.0255. The molecule has 0 amide bonds. The molecule has 33 heavy (non-hydrogen) atoms. The van der Waals surface area contributed by atoms with Gasteiger partial charge < -0.3 is 19.7 Å². The molecule has 0 spiro atoms. The number of nitrogens with one attached hydrogen (secondary N) is 1. The fourth-order valence-corrected chi connectivity index (χ4v) is 3.88. The molecule has 1 N–H and O–H groups in total. The highest BCUT2D eigenvalue weighted by Gasteiger charge is 2.17. The zero-order valence-electron chi connectivity index (χ0n) is 19.1. The summed E-state index contributed by atoms with van der Waals surface area (Å²) >= 11 is 5.93. The van der Waals surface area contributed by atoms with E-state index in [1.807, 2.05) is 26.0 Å². The van der Waals surface area contributed by atoms with Gasteiger partial charge in [0.2, 0.25) is 0 Å². The van der Waals surface area contributed by atoms with Crippen molar-refractivity contribution in [2.75, 3.05) is 51.7 Å². The van der Waals surface area contributed by atoms with Crippen molar-refractivity contribution < 1.29 is 13.9 Å². The molecule has 0 aliphatic carbocycles. The Morgan fingerprint density at radius 2 is 1.91 bits per heavy atom. The minimum atomic E-state index is -0.533. The van der Waals surface area contributed by atoms with Gasteiger partial charge in [-0.3, -0.25) is 4.90 Å². The average molecular weight is 474 g/mol. The van der Waals surface area contributed by atoms with E-state index in [2.05, 4.69) is 32.1 Å². The van der Waals surface area contributed by atoms with E-state index in [4.69, 9.17) is 21.1 Å². The number of aromatic nitrogens is 2. The summed E-state index contributed by atoms with van der Waals surface area (Å²) in [5, 5.41) is 3.77. The molecule has 2 aromatic carbocycles. The molecule has 9 heteroatoms. The standard InChI is InChI=1S/C24H29ClFN5O2/c1-16(2)33-22-14-20-17(13-21(22)32-12-11-31-9-7-30(3)8-10-31)24(28-15-27-20)29-19-6-4-5-18(25)23(19)26/h4-6,13-16H,7-12H2,1-3H3,(H,27,28,29). The van der Waals surface area contributed by atoms with Crippen molar-refractivity contribution in [1.29, 1.82) is 0 Å². The molecule has 0 unspecified atom stereocenters. The summed E-state index contributed by atoms with van der Waals surface area (Å²) in [5.74, 6) is 1.15. The molecule has 0 bridgehead atoms. The largest absolute Gasteiger partial charge is 0.488 e. The summed E-state index contributed by atoms with van der Waals surface area (Å²) < 4.78 is 26.6. The minimum Gasteiger partial charge on any atom is -0.488 e. The van der Waals surface area contributed by atoms with E-state index in [-0.39, 0.29) is 16.8 Å². The van der Waals surface area contributed by atoms with E-state index in [9.17, 15) is 4.39 Å². The molecule has 1 aliphatic heterocycles. The van der Waals surface area contributed by atoms with Crippen LogP contribution in [0.3, 0.4) is 0 Å². The lowest BCUT2D eigenvalue weighted by atomic mass is 10.2. The predicted molar refractivity (Wildman–Crippen MR) is 129 cm³/mol. The number of hydrogen-bond donors (Lipinski definition) is 1. The molecule has 0 saturated carbocycles. The molecular weight excluding hydrogens is 445 g/mol. The molecule has 1 aliphatic rings. The van der Waals surface area contributed by atoms with Crippen molar-refractivity contribution in [3.63, 3.8) is 0 Å². The van der Waals surface area contributed by atoms with E-state index in [0.717, 1.165) is 32.7 Å². The molecule has 7 nitrogen and oxygen atoms in total. The summed E-state index contributed by atoms with van der Waals surface area (Å²) in [7, 11) is 2.14. The molecular formula is C24H29ClFN5O2. The number of hydrogen-bond acceptors (Lipinski definition) is 7. The second kappa shape index (κ2) is 10.5. The van der Waals surface area contributed by atoms with Gasteiger partial charge in [0.05, 0.1) is 22.3 Å². The van der Waals surface area contributed by atoms with Crippen molar-refractivity contribution >= 4 is 34.0 Å². The second-order valence-corrected chi connectivity index (χ2v) is 8.83. The van der Waals surface area contributed by atoms with Gasteiger partial charge in [-0.2, -0.15) is 0 Å². The average Bonchev–Trinajstić information content (AvgIpc) is 2.78. The van der Waals surface area contributed by atoms with E-state index in [1.54, 1.807) is 12.1 Å². The third-order valence-electron chi connectivity index (χ3n) is 5.53. The number of halogens is 2. The predicted octanol–water partition coefficient (Wildman–Crippen LogP) is 4.58. The number of benzene rings is 2. The molecule has 2 heterocycles. The van der Waals surface area contributed by atoms with Gasteiger partial charge in [-0.25, -0.2) is 14.4 Å². The lowest BCUT2D eigenvalue weighted by Crippen LogP contribution is -2.45. The molecule has 1 saturated heterocycles. The molecule has 1 fully saturated rings. The van der Waals surface area contributed by atoms with E-state index in [0.29, 0.717) is 34.8 Å². The first-order chi connectivity index (χ1) is 15.9. The van der Waals surface area contributed by atoms with Gasteiger partial charge in [0, 0.05) is 44.2 Å². The third kappa shape index (κ3) is 5.82. The van der Waals surface area contributed by atoms with Crippen LogP contribution in [0, 0.1) is 5.82 Å². The summed E-state index contributed by atoms with van der Waals surface area (Å²) in [6.07, 6.45) is 1.41. The zero-order chi connectivity index (χ0) is 23.4. The van der Waals surface area contributed by atoms with Gasteiger partial charge >= 0.3 is 0 Å². The Balaban J connectivity index is 1.59. The number of piperazine rings is 1. The summed E-state index contributed by atoms with van der Waals surface area (Å²) in [6, 6.07) is 8.48. The lowest BCUT2D eigenvalue weighted by Gasteiger charge is -2.32. The second-order valence-electron chi connectivity index (χ2n) is 8.42. The maximum atomic E-state index is 14.5. The molecule has 1 aromatic heterocycles. The summed E-state index contributed by atoms with van der Waals surface area (Å²) in [6.45, 7) is 9.47. The first kappa shape index (κ1) is 23.5. The van der Waals surface area contributed by atoms with Crippen LogP contribution >= 0.6 is 11.6 Å². The summed E-state index contributed by atoms with van der Waals surface area (Å²) in [4.78, 5) is 13.4. The van der Waals surface area contributed by atoms with Crippen LogP contribution in [-0.4, -0.2) is 72.3 Å². The zero-order valence-corrected chi connectivity index (χ0v) is 19.9. The molecule has 3 aromatic rings. The van der Waals surface area contributed by atoms with Crippen LogP contribution in [0.5, 0.6) is 11.5 Å². The van der Waals surface area contributed by atoms with Crippen LogP contribution < -0.4 is 14.8 Å². The Morgan fingerprint density at radius 3 is 2.67 bits per heavy atom. The Labute approximate surface area is 198 Å². The smallest absolute Gasteiger partial charge is 0.165 e. The topological polar surface area (TPSA) is 62.8 Å². The van der Waals surface area contributed by atoms with Gasteiger partial charge in [0.15, 0.2) is 17.3 Å². The van der Waals surface area contributed by atoms with Crippen molar-refractivity contribution in [3.8, 4) is 11.5 Å². The van der Waals surface area contributed by atoms with Crippen LogP contribution in [0.1, 0.15) is 13.8 Å². The number of rotatable bonds is 8. The number of anilines is 2. The van der Waals surface area contributed by atoms with Gasteiger partial charge in [-0.05, 0) is 39.1 Å².